The summed E-state index contributed by atoms with van der Waals surface area (Å²) in [6.45, 7) is 11.0. The average molecular weight is 324 g/mol. The first-order valence-electron chi connectivity index (χ1n) is 8.89. The summed E-state index contributed by atoms with van der Waals surface area (Å²) in [5, 5.41) is 3.35. The van der Waals surface area contributed by atoms with Gasteiger partial charge in [0.15, 0.2) is 0 Å². The molecule has 2 fully saturated rings. The highest BCUT2D eigenvalue weighted by atomic mass is 16.2. The zero-order valence-electron chi connectivity index (χ0n) is 15.0. The van der Waals surface area contributed by atoms with Crippen molar-refractivity contribution in [2.75, 3.05) is 46.3 Å². The van der Waals surface area contributed by atoms with E-state index in [1.54, 1.807) is 0 Å². The smallest absolute Gasteiger partial charge is 0.236 e. The van der Waals surface area contributed by atoms with Crippen molar-refractivity contribution >= 4 is 11.8 Å². The molecule has 2 rings (SSSR count). The summed E-state index contributed by atoms with van der Waals surface area (Å²) >= 11 is 0. The third-order valence-corrected chi connectivity index (χ3v) is 5.30. The molecule has 2 aliphatic rings. The summed E-state index contributed by atoms with van der Waals surface area (Å²) in [6.07, 6.45) is 1.58. The lowest BCUT2D eigenvalue weighted by atomic mass is 9.95. The molecule has 0 aliphatic carbocycles. The van der Waals surface area contributed by atoms with Gasteiger partial charge >= 0.3 is 0 Å². The molecule has 1 N–H and O–H groups in total. The van der Waals surface area contributed by atoms with Gasteiger partial charge in [-0.2, -0.15) is 0 Å². The highest BCUT2D eigenvalue weighted by Crippen LogP contribution is 2.20. The SMILES string of the molecule is CC(C)N(C)C(=O)C1CCN(C(=O)CN2CCNC[C@H]2C)CC1. The molecule has 6 heteroatoms. The molecule has 2 aliphatic heterocycles. The lowest BCUT2D eigenvalue weighted by Crippen LogP contribution is -2.54. The lowest BCUT2D eigenvalue weighted by molar-refractivity contribution is -0.141. The number of carbonyl (C=O) groups excluding carboxylic acids is 2. The molecule has 0 radical (unpaired) electrons. The molecular weight excluding hydrogens is 292 g/mol. The van der Waals surface area contributed by atoms with Crippen LogP contribution in [0, 0.1) is 5.92 Å². The monoisotopic (exact) mass is 324 g/mol. The second-order valence-electron chi connectivity index (χ2n) is 7.22. The molecule has 2 heterocycles. The number of piperidine rings is 1. The summed E-state index contributed by atoms with van der Waals surface area (Å²) in [7, 11) is 1.87. The van der Waals surface area contributed by atoms with Crippen LogP contribution in [0.3, 0.4) is 0 Å². The maximum Gasteiger partial charge on any atom is 0.236 e. The van der Waals surface area contributed by atoms with Gasteiger partial charge in [-0.15, -0.1) is 0 Å². The molecule has 0 aromatic rings. The molecule has 0 saturated carbocycles. The fourth-order valence-electron chi connectivity index (χ4n) is 3.31. The van der Waals surface area contributed by atoms with Crippen molar-refractivity contribution in [3.8, 4) is 0 Å². The number of amides is 2. The highest BCUT2D eigenvalue weighted by Gasteiger charge is 2.31. The number of nitrogens with one attached hydrogen (secondary N) is 1. The number of hydrogen-bond donors (Lipinski definition) is 1. The first kappa shape index (κ1) is 18.2. The van der Waals surface area contributed by atoms with Gasteiger partial charge in [-0.05, 0) is 33.6 Å². The van der Waals surface area contributed by atoms with Crippen LogP contribution in [0.15, 0.2) is 0 Å². The number of rotatable bonds is 4. The molecule has 6 nitrogen and oxygen atoms in total. The molecule has 132 valence electrons. The van der Waals surface area contributed by atoms with Crippen molar-refractivity contribution in [2.45, 2.75) is 45.7 Å². The van der Waals surface area contributed by atoms with Gasteiger partial charge in [0.25, 0.3) is 0 Å². The van der Waals surface area contributed by atoms with Crippen LogP contribution in [0.2, 0.25) is 0 Å². The number of nitrogens with zero attached hydrogens (tertiary/aromatic N) is 3. The molecule has 0 aromatic heterocycles. The van der Waals surface area contributed by atoms with E-state index in [1.807, 2.05) is 30.7 Å². The maximum absolute atomic E-state index is 12.5. The van der Waals surface area contributed by atoms with E-state index in [2.05, 4.69) is 17.1 Å². The Bertz CT molecular complexity index is 419. The molecule has 0 aromatic carbocycles. The van der Waals surface area contributed by atoms with Crippen LogP contribution in [0.5, 0.6) is 0 Å². The normalized spacial score (nSPS) is 24.0. The van der Waals surface area contributed by atoms with Gasteiger partial charge in [0, 0.05) is 57.8 Å². The van der Waals surface area contributed by atoms with E-state index in [0.717, 1.165) is 32.5 Å². The lowest BCUT2D eigenvalue weighted by Gasteiger charge is -2.37. The second-order valence-corrected chi connectivity index (χ2v) is 7.22. The summed E-state index contributed by atoms with van der Waals surface area (Å²) in [5.74, 6) is 0.509. The Morgan fingerprint density at radius 1 is 1.22 bits per heavy atom. The Morgan fingerprint density at radius 3 is 2.43 bits per heavy atom. The number of piperazine rings is 1. The minimum absolute atomic E-state index is 0.0737. The first-order valence-corrected chi connectivity index (χ1v) is 8.89. The summed E-state index contributed by atoms with van der Waals surface area (Å²) in [6, 6.07) is 0.642. The quantitative estimate of drug-likeness (QED) is 0.813. The predicted molar refractivity (Wildman–Crippen MR) is 91.1 cm³/mol. The topological polar surface area (TPSA) is 55.9 Å². The third-order valence-electron chi connectivity index (χ3n) is 5.30. The van der Waals surface area contributed by atoms with Crippen molar-refractivity contribution in [1.29, 1.82) is 0 Å². The molecule has 0 bridgehead atoms. The van der Waals surface area contributed by atoms with Crippen molar-refractivity contribution in [3.05, 3.63) is 0 Å². The maximum atomic E-state index is 12.5. The Kier molecular flexibility index (Phi) is 6.41. The van der Waals surface area contributed by atoms with Gasteiger partial charge in [-0.1, -0.05) is 0 Å². The van der Waals surface area contributed by atoms with Gasteiger partial charge in [0.1, 0.15) is 0 Å². The summed E-state index contributed by atoms with van der Waals surface area (Å²) in [4.78, 5) is 30.9. The van der Waals surface area contributed by atoms with E-state index in [4.69, 9.17) is 0 Å². The number of hydrogen-bond acceptors (Lipinski definition) is 4. The Morgan fingerprint density at radius 2 is 1.87 bits per heavy atom. The molecule has 0 spiro atoms. The van der Waals surface area contributed by atoms with Crippen LogP contribution in [-0.4, -0.2) is 84.9 Å². The molecule has 23 heavy (non-hydrogen) atoms. The van der Waals surface area contributed by atoms with Gasteiger partial charge in [0.05, 0.1) is 6.54 Å². The first-order chi connectivity index (χ1) is 10.9. The zero-order valence-corrected chi connectivity index (χ0v) is 15.0. The molecule has 2 saturated heterocycles. The van der Waals surface area contributed by atoms with Crippen LogP contribution in [0.4, 0.5) is 0 Å². The molecule has 1 atom stereocenters. The number of likely N-dealkylation sites (tertiary alicyclic amines) is 1. The zero-order chi connectivity index (χ0) is 17.0. The van der Waals surface area contributed by atoms with Gasteiger partial charge in [-0.3, -0.25) is 14.5 Å². The molecule has 2 amide bonds. The van der Waals surface area contributed by atoms with Crippen LogP contribution in [-0.2, 0) is 9.59 Å². The van der Waals surface area contributed by atoms with Gasteiger partial charge in [0.2, 0.25) is 11.8 Å². The van der Waals surface area contributed by atoms with Gasteiger partial charge < -0.3 is 15.1 Å². The second kappa shape index (κ2) is 8.11. The molecular formula is C17H32N4O2. The highest BCUT2D eigenvalue weighted by molar-refractivity contribution is 5.81. The van der Waals surface area contributed by atoms with E-state index in [-0.39, 0.29) is 23.8 Å². The van der Waals surface area contributed by atoms with Crippen LogP contribution < -0.4 is 5.32 Å². The fourth-order valence-corrected chi connectivity index (χ4v) is 3.31. The van der Waals surface area contributed by atoms with Crippen molar-refractivity contribution in [1.82, 2.24) is 20.0 Å². The predicted octanol–water partition coefficient (Wildman–Crippen LogP) is 0.386. The van der Waals surface area contributed by atoms with E-state index in [9.17, 15) is 9.59 Å². The van der Waals surface area contributed by atoms with Gasteiger partial charge in [-0.25, -0.2) is 0 Å². The minimum atomic E-state index is 0.0737. The Balaban J connectivity index is 1.79. The van der Waals surface area contributed by atoms with Crippen LogP contribution in [0.1, 0.15) is 33.6 Å². The summed E-state index contributed by atoms with van der Waals surface area (Å²) in [5.41, 5.74) is 0. The van der Waals surface area contributed by atoms with E-state index < -0.39 is 0 Å². The average Bonchev–Trinajstić information content (AvgIpc) is 2.55. The van der Waals surface area contributed by atoms with E-state index in [1.165, 1.54) is 0 Å². The summed E-state index contributed by atoms with van der Waals surface area (Å²) < 4.78 is 0. The fraction of sp³-hybridized carbons (Fsp3) is 0.882. The standard InChI is InChI=1S/C17H32N4O2/c1-13(2)19(4)17(23)15-5-8-20(9-6-15)16(22)12-21-10-7-18-11-14(21)3/h13-15,18H,5-12H2,1-4H3/t14-/m1/s1. The van der Waals surface area contributed by atoms with Crippen molar-refractivity contribution < 1.29 is 9.59 Å². The number of carbonyl (C=O) groups is 2. The minimum Gasteiger partial charge on any atom is -0.343 e. The molecule has 0 unspecified atom stereocenters. The van der Waals surface area contributed by atoms with E-state index >= 15 is 0 Å². The van der Waals surface area contributed by atoms with Crippen LogP contribution >= 0.6 is 0 Å². The Labute approximate surface area is 140 Å². The van der Waals surface area contributed by atoms with Crippen LogP contribution in [0.25, 0.3) is 0 Å². The Hall–Kier alpha value is -1.14. The van der Waals surface area contributed by atoms with Crippen molar-refractivity contribution in [3.63, 3.8) is 0 Å². The van der Waals surface area contributed by atoms with E-state index in [0.29, 0.717) is 25.7 Å². The van der Waals surface area contributed by atoms with Crippen molar-refractivity contribution in [2.24, 2.45) is 5.92 Å². The largest absolute Gasteiger partial charge is 0.343 e. The third kappa shape index (κ3) is 4.67.